The summed E-state index contributed by atoms with van der Waals surface area (Å²) in [5.41, 5.74) is 0.691. The van der Waals surface area contributed by atoms with Gasteiger partial charge in [-0.1, -0.05) is 65.8 Å². The van der Waals surface area contributed by atoms with Gasteiger partial charge >= 0.3 is 0 Å². The molecular formula is C25H17N3O4. The number of nitriles is 1. The first-order chi connectivity index (χ1) is 15.7. The van der Waals surface area contributed by atoms with Gasteiger partial charge in [0.05, 0.1) is 0 Å². The number of ether oxygens (including phenoxy) is 1. The standard InChI is InChI=1S/C25H17N3O4/c26-14-15-31-20-13-7-4-10-17(20)22-21(23(29)16-8-2-1-3-9-16)25(32-28-22)18-11-5-6-12-19(18)27-24(25)30/h1-13,21H,15H2,(H,27,30)/t21-,25-/m1/s1. The van der Waals surface area contributed by atoms with Gasteiger partial charge < -0.3 is 14.9 Å². The Bertz CT molecular complexity index is 1300. The number of nitrogens with one attached hydrogen (secondary N) is 1. The topological polar surface area (TPSA) is 101 Å². The quantitative estimate of drug-likeness (QED) is 0.631. The Morgan fingerprint density at radius 2 is 1.78 bits per heavy atom. The minimum Gasteiger partial charge on any atom is -0.478 e. The average Bonchev–Trinajstić information content (AvgIpc) is 3.37. The number of ketones is 1. The van der Waals surface area contributed by atoms with Crippen molar-refractivity contribution < 1.29 is 19.2 Å². The SMILES string of the molecule is N#CCOc1ccccc1C1=NO[C@@]2(C(=O)Nc3ccccc32)[C@H]1C(=O)c1ccccc1. The van der Waals surface area contributed by atoms with Gasteiger partial charge in [0.1, 0.15) is 23.4 Å². The number of para-hydroxylation sites is 2. The second kappa shape index (κ2) is 7.67. The summed E-state index contributed by atoms with van der Waals surface area (Å²) in [7, 11) is 0. The van der Waals surface area contributed by atoms with Crippen molar-refractivity contribution in [3.05, 3.63) is 95.6 Å². The Morgan fingerprint density at radius 1 is 1.06 bits per heavy atom. The number of hydrogen-bond acceptors (Lipinski definition) is 6. The third kappa shape index (κ3) is 2.85. The normalized spacial score (nSPS) is 20.7. The highest BCUT2D eigenvalue weighted by Gasteiger charge is 2.63. The lowest BCUT2D eigenvalue weighted by atomic mass is 9.74. The molecule has 0 aliphatic carbocycles. The van der Waals surface area contributed by atoms with Gasteiger partial charge in [-0.05, 0) is 18.2 Å². The Hall–Kier alpha value is -4.44. The Morgan fingerprint density at radius 3 is 2.59 bits per heavy atom. The minimum atomic E-state index is -1.64. The second-order valence-corrected chi connectivity index (χ2v) is 7.41. The fourth-order valence-electron chi connectivity index (χ4n) is 4.25. The Labute approximate surface area is 183 Å². The molecule has 5 rings (SSSR count). The number of benzene rings is 3. The summed E-state index contributed by atoms with van der Waals surface area (Å²) in [5.74, 6) is -1.43. The van der Waals surface area contributed by atoms with E-state index >= 15 is 0 Å². The number of Topliss-reactive ketones (excluding diaryl/α,β-unsaturated/α-hetero) is 1. The number of anilines is 1. The molecule has 0 unspecified atom stereocenters. The molecule has 2 heterocycles. The number of carbonyl (C=O) groups is 2. The summed E-state index contributed by atoms with van der Waals surface area (Å²) in [5, 5.41) is 16.0. The number of nitrogens with zero attached hydrogens (tertiary/aromatic N) is 2. The van der Waals surface area contributed by atoms with Gasteiger partial charge in [-0.25, -0.2) is 0 Å². The van der Waals surface area contributed by atoms with E-state index in [0.717, 1.165) is 0 Å². The predicted molar refractivity (Wildman–Crippen MR) is 116 cm³/mol. The molecule has 1 amide bonds. The lowest BCUT2D eigenvalue weighted by molar-refractivity contribution is -0.140. The van der Waals surface area contributed by atoms with Crippen molar-refractivity contribution >= 4 is 23.1 Å². The summed E-state index contributed by atoms with van der Waals surface area (Å²) >= 11 is 0. The molecule has 156 valence electrons. The fourth-order valence-corrected chi connectivity index (χ4v) is 4.25. The van der Waals surface area contributed by atoms with Crippen molar-refractivity contribution in [2.24, 2.45) is 11.1 Å². The summed E-state index contributed by atoms with van der Waals surface area (Å²) < 4.78 is 5.57. The molecule has 2 aliphatic rings. The van der Waals surface area contributed by atoms with Crippen molar-refractivity contribution in [1.82, 2.24) is 0 Å². The van der Waals surface area contributed by atoms with Crippen molar-refractivity contribution in [3.63, 3.8) is 0 Å². The van der Waals surface area contributed by atoms with Crippen molar-refractivity contribution in [2.75, 3.05) is 11.9 Å². The van der Waals surface area contributed by atoms with Crippen LogP contribution in [0.5, 0.6) is 5.75 Å². The van der Waals surface area contributed by atoms with E-state index in [1.54, 1.807) is 72.8 Å². The molecule has 0 aromatic heterocycles. The Balaban J connectivity index is 1.69. The number of rotatable bonds is 5. The smallest absolute Gasteiger partial charge is 0.277 e. The largest absolute Gasteiger partial charge is 0.478 e. The molecule has 3 aromatic rings. The molecule has 2 aliphatic heterocycles. The van der Waals surface area contributed by atoms with E-state index in [1.807, 2.05) is 12.1 Å². The molecule has 1 N–H and O–H groups in total. The van der Waals surface area contributed by atoms with Gasteiger partial charge in [0, 0.05) is 22.4 Å². The predicted octanol–water partition coefficient (Wildman–Crippen LogP) is 3.67. The van der Waals surface area contributed by atoms with Crippen LogP contribution in [-0.4, -0.2) is 24.0 Å². The van der Waals surface area contributed by atoms with E-state index in [2.05, 4.69) is 10.5 Å². The lowest BCUT2D eigenvalue weighted by Crippen LogP contribution is -2.46. The van der Waals surface area contributed by atoms with E-state index in [9.17, 15) is 9.59 Å². The zero-order valence-electron chi connectivity index (χ0n) is 16.8. The molecule has 0 saturated carbocycles. The van der Waals surface area contributed by atoms with Gasteiger partial charge in [0.25, 0.3) is 11.5 Å². The van der Waals surface area contributed by atoms with Crippen LogP contribution in [0.1, 0.15) is 21.5 Å². The third-order valence-electron chi connectivity index (χ3n) is 5.66. The first kappa shape index (κ1) is 19.5. The molecule has 32 heavy (non-hydrogen) atoms. The summed E-state index contributed by atoms with van der Waals surface area (Å²) in [4.78, 5) is 33.0. The summed E-state index contributed by atoms with van der Waals surface area (Å²) in [6.45, 7) is -0.170. The molecule has 1 spiro atoms. The van der Waals surface area contributed by atoms with Crippen LogP contribution in [0, 0.1) is 17.2 Å². The van der Waals surface area contributed by atoms with Crippen LogP contribution < -0.4 is 10.1 Å². The minimum absolute atomic E-state index is 0.170. The van der Waals surface area contributed by atoms with E-state index in [-0.39, 0.29) is 18.1 Å². The van der Waals surface area contributed by atoms with Crippen LogP contribution in [0.25, 0.3) is 0 Å². The second-order valence-electron chi connectivity index (χ2n) is 7.41. The highest BCUT2D eigenvalue weighted by atomic mass is 16.7. The highest BCUT2D eigenvalue weighted by Crippen LogP contribution is 2.50. The fraction of sp³-hybridized carbons (Fsp3) is 0.120. The maximum absolute atomic E-state index is 13.8. The molecule has 2 atom stereocenters. The summed E-state index contributed by atoms with van der Waals surface area (Å²) in [6.07, 6.45) is 0. The first-order valence-corrected chi connectivity index (χ1v) is 10.0. The van der Waals surface area contributed by atoms with E-state index in [4.69, 9.17) is 14.8 Å². The van der Waals surface area contributed by atoms with Crippen LogP contribution in [0.2, 0.25) is 0 Å². The van der Waals surface area contributed by atoms with Crippen LogP contribution >= 0.6 is 0 Å². The number of fused-ring (bicyclic) bond motifs is 2. The average molecular weight is 423 g/mol. The van der Waals surface area contributed by atoms with E-state index in [0.29, 0.717) is 28.1 Å². The third-order valence-corrected chi connectivity index (χ3v) is 5.66. The number of carbonyl (C=O) groups excluding carboxylic acids is 2. The molecule has 0 fully saturated rings. The van der Waals surface area contributed by atoms with Crippen molar-refractivity contribution in [1.29, 1.82) is 5.26 Å². The molecule has 0 bridgehead atoms. The van der Waals surface area contributed by atoms with Crippen molar-refractivity contribution in [3.8, 4) is 11.8 Å². The van der Waals surface area contributed by atoms with Gasteiger partial charge in [-0.3, -0.25) is 9.59 Å². The van der Waals surface area contributed by atoms with Gasteiger partial charge in [0.2, 0.25) is 0 Å². The maximum atomic E-state index is 13.8. The van der Waals surface area contributed by atoms with Crippen LogP contribution in [0.15, 0.2) is 84.0 Å². The lowest BCUT2D eigenvalue weighted by Gasteiger charge is -2.27. The molecule has 3 aromatic carbocycles. The molecule has 0 radical (unpaired) electrons. The zero-order chi connectivity index (χ0) is 22.1. The number of amides is 1. The monoisotopic (exact) mass is 423 g/mol. The van der Waals surface area contributed by atoms with E-state index in [1.165, 1.54) is 0 Å². The van der Waals surface area contributed by atoms with Gasteiger partial charge in [0.15, 0.2) is 12.4 Å². The van der Waals surface area contributed by atoms with Crippen LogP contribution in [0.4, 0.5) is 5.69 Å². The van der Waals surface area contributed by atoms with E-state index < -0.39 is 17.4 Å². The van der Waals surface area contributed by atoms with Crippen molar-refractivity contribution in [2.45, 2.75) is 5.60 Å². The first-order valence-electron chi connectivity index (χ1n) is 10.0. The summed E-state index contributed by atoms with van der Waals surface area (Å²) in [6, 6.07) is 24.7. The molecule has 7 heteroatoms. The van der Waals surface area contributed by atoms with Crippen LogP contribution in [0.3, 0.4) is 0 Å². The number of oxime groups is 1. The van der Waals surface area contributed by atoms with Gasteiger partial charge in [-0.2, -0.15) is 5.26 Å². The van der Waals surface area contributed by atoms with Gasteiger partial charge in [-0.15, -0.1) is 0 Å². The molecule has 0 saturated heterocycles. The highest BCUT2D eigenvalue weighted by molar-refractivity contribution is 6.25. The number of hydrogen-bond donors (Lipinski definition) is 1. The molecular weight excluding hydrogens is 406 g/mol. The Kier molecular flexibility index (Phi) is 4.68. The zero-order valence-corrected chi connectivity index (χ0v) is 16.8. The van der Waals surface area contributed by atoms with Crippen LogP contribution in [-0.2, 0) is 15.2 Å². The maximum Gasteiger partial charge on any atom is 0.277 e. The molecule has 7 nitrogen and oxygen atoms in total.